The number of rotatable bonds is 4. The van der Waals surface area contributed by atoms with Crippen LogP contribution in [0.2, 0.25) is 0 Å². The Labute approximate surface area is 123 Å². The number of H-pyrrole nitrogens is 1. The minimum Gasteiger partial charge on any atom is -0.399 e. The molecule has 0 saturated heterocycles. The summed E-state index contributed by atoms with van der Waals surface area (Å²) >= 11 is 0. The summed E-state index contributed by atoms with van der Waals surface area (Å²) < 4.78 is 0. The van der Waals surface area contributed by atoms with Crippen LogP contribution in [0.1, 0.15) is 17.4 Å². The highest BCUT2D eigenvalue weighted by atomic mass is 16.2. The minimum atomic E-state index is -0.260. The van der Waals surface area contributed by atoms with Crippen LogP contribution in [0.15, 0.2) is 24.3 Å². The number of nitrogens with two attached hydrogens (primary N) is 1. The third-order valence-corrected chi connectivity index (χ3v) is 3.46. The standard InChI is InChI=1S/C15H20N4O2/c1-9(14(20)17-2)8-19(3)15(21)13-7-10-6-11(16)4-5-12(10)18-13/h4-7,9,18H,8,16H2,1-3H3,(H,17,20). The molecule has 1 heterocycles. The van der Waals surface area contributed by atoms with Gasteiger partial charge in [-0.2, -0.15) is 0 Å². The van der Waals surface area contributed by atoms with Crippen LogP contribution in [-0.4, -0.2) is 42.3 Å². The van der Waals surface area contributed by atoms with Gasteiger partial charge in [0.15, 0.2) is 0 Å². The van der Waals surface area contributed by atoms with Gasteiger partial charge in [0, 0.05) is 37.2 Å². The lowest BCUT2D eigenvalue weighted by molar-refractivity contribution is -0.124. The number of hydrogen-bond donors (Lipinski definition) is 3. The van der Waals surface area contributed by atoms with E-state index >= 15 is 0 Å². The normalized spacial score (nSPS) is 12.1. The average molecular weight is 288 g/mol. The van der Waals surface area contributed by atoms with E-state index in [2.05, 4.69) is 10.3 Å². The number of aromatic amines is 1. The van der Waals surface area contributed by atoms with E-state index in [1.165, 1.54) is 4.90 Å². The first-order chi connectivity index (χ1) is 9.92. The zero-order valence-electron chi connectivity index (χ0n) is 12.4. The van der Waals surface area contributed by atoms with E-state index in [1.54, 1.807) is 33.2 Å². The third kappa shape index (κ3) is 3.16. The Hall–Kier alpha value is -2.50. The Bertz CT molecular complexity index is 677. The van der Waals surface area contributed by atoms with Crippen molar-refractivity contribution in [2.24, 2.45) is 5.92 Å². The number of aromatic nitrogens is 1. The zero-order chi connectivity index (χ0) is 15.6. The van der Waals surface area contributed by atoms with Gasteiger partial charge < -0.3 is 20.9 Å². The lowest BCUT2D eigenvalue weighted by Gasteiger charge is -2.20. The summed E-state index contributed by atoms with van der Waals surface area (Å²) in [4.78, 5) is 28.5. The molecule has 112 valence electrons. The van der Waals surface area contributed by atoms with Crippen LogP contribution in [0, 0.1) is 5.92 Å². The number of fused-ring (bicyclic) bond motifs is 1. The van der Waals surface area contributed by atoms with E-state index in [4.69, 9.17) is 5.73 Å². The van der Waals surface area contributed by atoms with Gasteiger partial charge >= 0.3 is 0 Å². The van der Waals surface area contributed by atoms with Gasteiger partial charge in [0.25, 0.3) is 5.91 Å². The molecule has 1 aromatic carbocycles. The van der Waals surface area contributed by atoms with Crippen molar-refractivity contribution < 1.29 is 9.59 Å². The number of hydrogen-bond acceptors (Lipinski definition) is 3. The van der Waals surface area contributed by atoms with E-state index in [9.17, 15) is 9.59 Å². The maximum atomic E-state index is 12.4. The number of benzene rings is 1. The molecular weight excluding hydrogens is 268 g/mol. The summed E-state index contributed by atoms with van der Waals surface area (Å²) in [5, 5.41) is 3.47. The Morgan fingerprint density at radius 3 is 2.76 bits per heavy atom. The monoisotopic (exact) mass is 288 g/mol. The molecule has 0 aliphatic carbocycles. The van der Waals surface area contributed by atoms with Crippen LogP contribution in [0.25, 0.3) is 10.9 Å². The molecule has 0 aliphatic heterocycles. The molecule has 0 fully saturated rings. The van der Waals surface area contributed by atoms with Crippen molar-refractivity contribution in [1.82, 2.24) is 15.2 Å². The summed E-state index contributed by atoms with van der Waals surface area (Å²) in [6, 6.07) is 7.21. The quantitative estimate of drug-likeness (QED) is 0.738. The van der Waals surface area contributed by atoms with Gasteiger partial charge in [-0.3, -0.25) is 9.59 Å². The molecule has 1 aromatic heterocycles. The number of carbonyl (C=O) groups is 2. The highest BCUT2D eigenvalue weighted by Crippen LogP contribution is 2.19. The molecule has 0 radical (unpaired) electrons. The highest BCUT2D eigenvalue weighted by molar-refractivity contribution is 5.98. The van der Waals surface area contributed by atoms with Crippen LogP contribution in [0.5, 0.6) is 0 Å². The largest absolute Gasteiger partial charge is 0.399 e. The molecule has 1 atom stereocenters. The molecule has 2 amide bonds. The molecule has 6 heteroatoms. The third-order valence-electron chi connectivity index (χ3n) is 3.46. The smallest absolute Gasteiger partial charge is 0.270 e. The first kappa shape index (κ1) is 14.9. The molecule has 21 heavy (non-hydrogen) atoms. The Balaban J connectivity index is 2.15. The van der Waals surface area contributed by atoms with Crippen LogP contribution < -0.4 is 11.1 Å². The summed E-state index contributed by atoms with van der Waals surface area (Å²) in [7, 11) is 3.27. The minimum absolute atomic E-state index is 0.0842. The van der Waals surface area contributed by atoms with E-state index < -0.39 is 0 Å². The summed E-state index contributed by atoms with van der Waals surface area (Å²) in [5.41, 5.74) is 7.73. The van der Waals surface area contributed by atoms with Crippen LogP contribution >= 0.6 is 0 Å². The highest BCUT2D eigenvalue weighted by Gasteiger charge is 2.19. The van der Waals surface area contributed by atoms with E-state index in [-0.39, 0.29) is 17.7 Å². The average Bonchev–Trinajstić information content (AvgIpc) is 2.88. The molecule has 2 aromatic rings. The molecule has 1 unspecified atom stereocenters. The summed E-state index contributed by atoms with van der Waals surface area (Å²) in [6.07, 6.45) is 0. The predicted octanol–water partition coefficient (Wildman–Crippen LogP) is 1.20. The van der Waals surface area contributed by atoms with Crippen molar-refractivity contribution >= 4 is 28.4 Å². The SMILES string of the molecule is CNC(=O)C(C)CN(C)C(=O)c1cc2cc(N)ccc2[nH]1. The number of nitrogens with one attached hydrogen (secondary N) is 2. The van der Waals surface area contributed by atoms with Crippen molar-refractivity contribution in [2.45, 2.75) is 6.92 Å². The number of nitrogens with zero attached hydrogens (tertiary/aromatic N) is 1. The lowest BCUT2D eigenvalue weighted by Crippen LogP contribution is -2.37. The first-order valence-electron chi connectivity index (χ1n) is 6.77. The Morgan fingerprint density at radius 1 is 1.38 bits per heavy atom. The van der Waals surface area contributed by atoms with E-state index in [0.29, 0.717) is 17.9 Å². The van der Waals surface area contributed by atoms with Gasteiger partial charge in [-0.15, -0.1) is 0 Å². The van der Waals surface area contributed by atoms with Crippen LogP contribution in [-0.2, 0) is 4.79 Å². The molecular formula is C15H20N4O2. The zero-order valence-corrected chi connectivity index (χ0v) is 12.4. The van der Waals surface area contributed by atoms with Crippen LogP contribution in [0.4, 0.5) is 5.69 Å². The first-order valence-corrected chi connectivity index (χ1v) is 6.77. The summed E-state index contributed by atoms with van der Waals surface area (Å²) in [5.74, 6) is -0.497. The fraction of sp³-hybridized carbons (Fsp3) is 0.333. The van der Waals surface area contributed by atoms with E-state index in [0.717, 1.165) is 10.9 Å². The molecule has 0 spiro atoms. The molecule has 4 N–H and O–H groups in total. The molecule has 6 nitrogen and oxygen atoms in total. The summed E-state index contributed by atoms with van der Waals surface area (Å²) in [6.45, 7) is 2.14. The van der Waals surface area contributed by atoms with Crippen LogP contribution in [0.3, 0.4) is 0 Å². The Kier molecular flexibility index (Phi) is 4.16. The maximum absolute atomic E-state index is 12.4. The topological polar surface area (TPSA) is 91.2 Å². The number of nitrogen functional groups attached to an aromatic ring is 1. The van der Waals surface area contributed by atoms with Crippen molar-refractivity contribution in [1.29, 1.82) is 0 Å². The van der Waals surface area contributed by atoms with Gasteiger partial charge in [0.2, 0.25) is 5.91 Å². The fourth-order valence-electron chi connectivity index (χ4n) is 2.29. The molecule has 0 bridgehead atoms. The van der Waals surface area contributed by atoms with Crippen molar-refractivity contribution in [3.05, 3.63) is 30.0 Å². The number of anilines is 1. The van der Waals surface area contributed by atoms with Gasteiger partial charge in [0.1, 0.15) is 5.69 Å². The predicted molar refractivity (Wildman–Crippen MR) is 82.9 cm³/mol. The van der Waals surface area contributed by atoms with Crippen molar-refractivity contribution in [2.75, 3.05) is 26.4 Å². The van der Waals surface area contributed by atoms with Crippen molar-refractivity contribution in [3.63, 3.8) is 0 Å². The van der Waals surface area contributed by atoms with E-state index in [1.807, 2.05) is 12.1 Å². The van der Waals surface area contributed by atoms with Gasteiger partial charge in [-0.05, 0) is 24.3 Å². The van der Waals surface area contributed by atoms with Gasteiger partial charge in [0.05, 0.1) is 5.92 Å². The fourth-order valence-corrected chi connectivity index (χ4v) is 2.29. The van der Waals surface area contributed by atoms with Gasteiger partial charge in [-0.25, -0.2) is 0 Å². The lowest BCUT2D eigenvalue weighted by atomic mass is 10.1. The maximum Gasteiger partial charge on any atom is 0.270 e. The molecule has 2 rings (SSSR count). The second kappa shape index (κ2) is 5.87. The second-order valence-corrected chi connectivity index (χ2v) is 5.23. The number of carbonyl (C=O) groups excluding carboxylic acids is 2. The number of amides is 2. The molecule has 0 aliphatic rings. The van der Waals surface area contributed by atoms with Crippen molar-refractivity contribution in [3.8, 4) is 0 Å². The Morgan fingerprint density at radius 2 is 2.10 bits per heavy atom. The van der Waals surface area contributed by atoms with Gasteiger partial charge in [-0.1, -0.05) is 6.92 Å². The second-order valence-electron chi connectivity index (χ2n) is 5.23. The molecule has 0 saturated carbocycles.